The number of aryl methyl sites for hydroxylation is 1. The molecule has 0 atom stereocenters. The lowest BCUT2D eigenvalue weighted by Gasteiger charge is -2.15. The van der Waals surface area contributed by atoms with Gasteiger partial charge in [0, 0.05) is 11.8 Å². The van der Waals surface area contributed by atoms with E-state index < -0.39 is 0 Å². The van der Waals surface area contributed by atoms with Crippen molar-refractivity contribution in [3.8, 4) is 34.0 Å². The van der Waals surface area contributed by atoms with Gasteiger partial charge in [0.05, 0.1) is 11.7 Å². The normalized spacial score (nSPS) is 11.2. The van der Waals surface area contributed by atoms with E-state index in [1.54, 1.807) is 0 Å². The zero-order valence-corrected chi connectivity index (χ0v) is 19.6. The summed E-state index contributed by atoms with van der Waals surface area (Å²) in [6, 6.07) is 26.3. The second kappa shape index (κ2) is 9.40. The average molecular weight is 450 g/mol. The molecule has 5 heteroatoms. The quantitative estimate of drug-likeness (QED) is 0.292. The molecule has 5 nitrogen and oxygen atoms in total. The monoisotopic (exact) mass is 449 g/mol. The Morgan fingerprint density at radius 1 is 0.882 bits per heavy atom. The molecule has 5 aromatic rings. The molecule has 3 aromatic carbocycles. The lowest BCUT2D eigenvalue weighted by molar-refractivity contribution is 0.242. The number of pyridine rings is 1. The molecule has 2 heterocycles. The molecule has 0 saturated carbocycles. The number of hydrogen-bond acceptors (Lipinski definition) is 4. The maximum Gasteiger partial charge on any atom is 0.157 e. The van der Waals surface area contributed by atoms with Crippen molar-refractivity contribution in [2.45, 2.75) is 33.5 Å². The van der Waals surface area contributed by atoms with Crippen LogP contribution in [0.1, 0.15) is 25.0 Å². The Bertz CT molecular complexity index is 1420. The molecule has 0 unspecified atom stereocenters. The van der Waals surface area contributed by atoms with E-state index in [-0.39, 0.29) is 6.10 Å². The first-order chi connectivity index (χ1) is 16.6. The van der Waals surface area contributed by atoms with E-state index in [0.717, 1.165) is 44.9 Å². The summed E-state index contributed by atoms with van der Waals surface area (Å²) >= 11 is 0. The standard InChI is InChI=1S/C29H27N3O2/c1-19(2)34-27-14-13-23(33-18-21-10-5-4-6-11-21)16-25(27)28-31-26-15-22(17-30-29(26)32-28)24-12-8-7-9-20(24)3/h4-17,19H,18H2,1-3H3,(H,30,31,32). The Labute approximate surface area is 199 Å². The van der Waals surface area contributed by atoms with E-state index in [1.807, 2.05) is 80.7 Å². The smallest absolute Gasteiger partial charge is 0.157 e. The highest BCUT2D eigenvalue weighted by atomic mass is 16.5. The van der Waals surface area contributed by atoms with E-state index in [9.17, 15) is 0 Å². The molecule has 1 N–H and O–H groups in total. The number of hydrogen-bond donors (Lipinski definition) is 1. The van der Waals surface area contributed by atoms with Gasteiger partial charge in [-0.05, 0) is 61.7 Å². The van der Waals surface area contributed by atoms with Crippen LogP contribution in [0, 0.1) is 6.92 Å². The van der Waals surface area contributed by atoms with Gasteiger partial charge in [0.15, 0.2) is 5.65 Å². The van der Waals surface area contributed by atoms with Crippen LogP contribution in [-0.2, 0) is 6.61 Å². The van der Waals surface area contributed by atoms with Gasteiger partial charge in [0.2, 0.25) is 0 Å². The van der Waals surface area contributed by atoms with Crippen molar-refractivity contribution >= 4 is 11.2 Å². The number of rotatable bonds is 7. The van der Waals surface area contributed by atoms with Crippen molar-refractivity contribution in [1.29, 1.82) is 0 Å². The highest BCUT2D eigenvalue weighted by Crippen LogP contribution is 2.34. The molecule has 0 amide bonds. The lowest BCUT2D eigenvalue weighted by atomic mass is 10.0. The summed E-state index contributed by atoms with van der Waals surface area (Å²) in [7, 11) is 0. The van der Waals surface area contributed by atoms with Gasteiger partial charge in [0.25, 0.3) is 0 Å². The number of H-pyrrole nitrogens is 1. The van der Waals surface area contributed by atoms with E-state index in [2.05, 4.69) is 35.1 Å². The molecule has 0 spiro atoms. The molecule has 0 bridgehead atoms. The van der Waals surface area contributed by atoms with Crippen LogP contribution in [0.2, 0.25) is 0 Å². The van der Waals surface area contributed by atoms with Crippen molar-refractivity contribution in [2.24, 2.45) is 0 Å². The summed E-state index contributed by atoms with van der Waals surface area (Å²) in [4.78, 5) is 12.9. The zero-order chi connectivity index (χ0) is 23.5. The number of imidazole rings is 1. The van der Waals surface area contributed by atoms with Crippen molar-refractivity contribution in [2.75, 3.05) is 0 Å². The molecule has 0 aliphatic carbocycles. The molecular weight excluding hydrogens is 422 g/mol. The van der Waals surface area contributed by atoms with Gasteiger partial charge in [-0.2, -0.15) is 0 Å². The minimum Gasteiger partial charge on any atom is -0.490 e. The van der Waals surface area contributed by atoms with E-state index in [1.165, 1.54) is 5.56 Å². The van der Waals surface area contributed by atoms with Crippen LogP contribution in [0.4, 0.5) is 0 Å². The largest absolute Gasteiger partial charge is 0.490 e. The highest BCUT2D eigenvalue weighted by Gasteiger charge is 2.15. The molecule has 0 aliphatic rings. The average Bonchev–Trinajstić information content (AvgIpc) is 3.27. The van der Waals surface area contributed by atoms with E-state index >= 15 is 0 Å². The maximum atomic E-state index is 6.09. The summed E-state index contributed by atoms with van der Waals surface area (Å²) in [6.45, 7) is 6.62. The van der Waals surface area contributed by atoms with E-state index in [4.69, 9.17) is 14.5 Å². The number of nitrogens with zero attached hydrogens (tertiary/aromatic N) is 2. The SMILES string of the molecule is Cc1ccccc1-c1cnc2[nH]c(-c3cc(OCc4ccccc4)ccc3OC(C)C)nc2c1. The topological polar surface area (TPSA) is 60.0 Å². The predicted molar refractivity (Wildman–Crippen MR) is 136 cm³/mol. The van der Waals surface area contributed by atoms with Crippen LogP contribution in [0.3, 0.4) is 0 Å². The summed E-state index contributed by atoms with van der Waals surface area (Å²) in [5.74, 6) is 2.20. The van der Waals surface area contributed by atoms with Crippen molar-refractivity contribution in [3.63, 3.8) is 0 Å². The third-order valence-electron chi connectivity index (χ3n) is 5.61. The lowest BCUT2D eigenvalue weighted by Crippen LogP contribution is -2.07. The van der Waals surface area contributed by atoms with E-state index in [0.29, 0.717) is 12.4 Å². The van der Waals surface area contributed by atoms with Gasteiger partial charge in [-0.25, -0.2) is 9.97 Å². The second-order valence-corrected chi connectivity index (χ2v) is 8.59. The molecule has 2 aromatic heterocycles. The van der Waals surface area contributed by atoms with Gasteiger partial charge in [0.1, 0.15) is 29.4 Å². The third-order valence-corrected chi connectivity index (χ3v) is 5.61. The number of nitrogens with one attached hydrogen (secondary N) is 1. The Kier molecular flexibility index (Phi) is 6.00. The predicted octanol–water partition coefficient (Wildman–Crippen LogP) is 6.97. The minimum absolute atomic E-state index is 0.0324. The van der Waals surface area contributed by atoms with Gasteiger partial charge in [-0.15, -0.1) is 0 Å². The van der Waals surface area contributed by atoms with Crippen molar-refractivity contribution < 1.29 is 9.47 Å². The fourth-order valence-corrected chi connectivity index (χ4v) is 3.95. The van der Waals surface area contributed by atoms with Crippen LogP contribution in [0.15, 0.2) is 85.1 Å². The van der Waals surface area contributed by atoms with Crippen LogP contribution in [-0.4, -0.2) is 21.1 Å². The first-order valence-corrected chi connectivity index (χ1v) is 11.5. The maximum absolute atomic E-state index is 6.09. The Hall–Kier alpha value is -4.12. The van der Waals surface area contributed by atoms with Gasteiger partial charge >= 0.3 is 0 Å². The molecule has 0 saturated heterocycles. The number of fused-ring (bicyclic) bond motifs is 1. The number of ether oxygens (including phenoxy) is 2. The highest BCUT2D eigenvalue weighted by molar-refractivity contribution is 5.82. The Balaban J connectivity index is 1.51. The summed E-state index contributed by atoms with van der Waals surface area (Å²) in [6.07, 6.45) is 1.92. The van der Waals surface area contributed by atoms with Gasteiger partial charge in [-0.3, -0.25) is 0 Å². The Morgan fingerprint density at radius 3 is 2.47 bits per heavy atom. The second-order valence-electron chi connectivity index (χ2n) is 8.59. The molecule has 0 fully saturated rings. The minimum atomic E-state index is 0.0324. The molecule has 0 radical (unpaired) electrons. The van der Waals surface area contributed by atoms with Crippen LogP contribution in [0.5, 0.6) is 11.5 Å². The molecular formula is C29H27N3O2. The van der Waals surface area contributed by atoms with Crippen molar-refractivity contribution in [1.82, 2.24) is 15.0 Å². The number of aromatic amines is 1. The molecule has 170 valence electrons. The fourth-order valence-electron chi connectivity index (χ4n) is 3.95. The Morgan fingerprint density at radius 2 is 1.68 bits per heavy atom. The number of benzene rings is 3. The van der Waals surface area contributed by atoms with Gasteiger partial charge in [-0.1, -0.05) is 54.6 Å². The molecule has 34 heavy (non-hydrogen) atoms. The van der Waals surface area contributed by atoms with Crippen LogP contribution < -0.4 is 9.47 Å². The summed E-state index contributed by atoms with van der Waals surface area (Å²) in [5.41, 5.74) is 6.90. The van der Waals surface area contributed by atoms with Gasteiger partial charge < -0.3 is 14.5 Å². The number of aromatic nitrogens is 3. The fraction of sp³-hybridized carbons (Fsp3) is 0.172. The third kappa shape index (κ3) is 4.64. The summed E-state index contributed by atoms with van der Waals surface area (Å²) < 4.78 is 12.2. The van der Waals surface area contributed by atoms with Crippen LogP contribution in [0.25, 0.3) is 33.7 Å². The zero-order valence-electron chi connectivity index (χ0n) is 19.6. The van der Waals surface area contributed by atoms with Crippen LogP contribution >= 0.6 is 0 Å². The molecule has 5 rings (SSSR count). The first kappa shape index (κ1) is 21.7. The first-order valence-electron chi connectivity index (χ1n) is 11.5. The summed E-state index contributed by atoms with van der Waals surface area (Å²) in [5, 5.41) is 0. The van der Waals surface area contributed by atoms with Crippen molar-refractivity contribution in [3.05, 3.63) is 96.2 Å². The molecule has 0 aliphatic heterocycles.